The summed E-state index contributed by atoms with van der Waals surface area (Å²) in [7, 11) is 0. The molecule has 1 saturated carbocycles. The first-order valence-corrected chi connectivity index (χ1v) is 8.46. The molecule has 2 N–H and O–H groups in total. The van der Waals surface area contributed by atoms with Crippen molar-refractivity contribution >= 4 is 35.0 Å². The van der Waals surface area contributed by atoms with E-state index in [0.29, 0.717) is 5.56 Å². The van der Waals surface area contributed by atoms with Gasteiger partial charge in [-0.3, -0.25) is 0 Å². The van der Waals surface area contributed by atoms with Gasteiger partial charge in [0.1, 0.15) is 10.1 Å². The Kier molecular flexibility index (Phi) is 4.37. The summed E-state index contributed by atoms with van der Waals surface area (Å²) in [6, 6.07) is 13.4. The Labute approximate surface area is 152 Å². The molecule has 1 aliphatic carbocycles. The standard InChI is InChI=1S/C20H19Cl2NO/c1-4-14-11-16(9-10-17(14)24)23-13(3)18-19(20(18,21)22)15-7-5-12(2)6-8-15/h4-11,18-19,23-24H,1,3H2,2H3. The van der Waals surface area contributed by atoms with Crippen LogP contribution in [0.1, 0.15) is 22.6 Å². The van der Waals surface area contributed by atoms with Gasteiger partial charge in [-0.15, -0.1) is 23.2 Å². The van der Waals surface area contributed by atoms with Gasteiger partial charge in [-0.1, -0.05) is 49.1 Å². The Morgan fingerprint density at radius 3 is 2.50 bits per heavy atom. The van der Waals surface area contributed by atoms with E-state index < -0.39 is 4.33 Å². The smallest absolute Gasteiger partial charge is 0.134 e. The third kappa shape index (κ3) is 3.04. The molecule has 0 aromatic heterocycles. The predicted molar refractivity (Wildman–Crippen MR) is 103 cm³/mol. The lowest BCUT2D eigenvalue weighted by molar-refractivity contribution is 0.474. The van der Waals surface area contributed by atoms with Crippen LogP contribution < -0.4 is 5.32 Å². The number of halogens is 2. The van der Waals surface area contributed by atoms with Gasteiger partial charge in [0.05, 0.1) is 0 Å². The molecule has 0 radical (unpaired) electrons. The number of hydrogen-bond donors (Lipinski definition) is 2. The summed E-state index contributed by atoms with van der Waals surface area (Å²) >= 11 is 13.0. The lowest BCUT2D eigenvalue weighted by atomic mass is 10.1. The fraction of sp³-hybridized carbons (Fsp3) is 0.200. The second-order valence-corrected chi connectivity index (χ2v) is 7.61. The second-order valence-electron chi connectivity index (χ2n) is 6.17. The molecule has 2 aromatic rings. The number of alkyl halides is 2. The summed E-state index contributed by atoms with van der Waals surface area (Å²) in [6.07, 6.45) is 1.60. The van der Waals surface area contributed by atoms with E-state index in [1.165, 1.54) is 5.56 Å². The van der Waals surface area contributed by atoms with Crippen LogP contribution in [0.5, 0.6) is 5.75 Å². The minimum absolute atomic E-state index is 0.0115. The minimum Gasteiger partial charge on any atom is -0.507 e. The highest BCUT2D eigenvalue weighted by molar-refractivity contribution is 6.52. The number of phenols is 1. The fourth-order valence-corrected chi connectivity index (χ4v) is 3.90. The maximum absolute atomic E-state index is 9.72. The number of hydrogen-bond acceptors (Lipinski definition) is 2. The maximum atomic E-state index is 9.72. The molecule has 2 nitrogen and oxygen atoms in total. The van der Waals surface area contributed by atoms with Gasteiger partial charge in [0.25, 0.3) is 0 Å². The number of nitrogens with one attached hydrogen (secondary N) is 1. The van der Waals surface area contributed by atoms with Gasteiger partial charge in [0.2, 0.25) is 0 Å². The first-order valence-electron chi connectivity index (χ1n) is 7.70. The van der Waals surface area contributed by atoms with Crippen LogP contribution in [0.25, 0.3) is 6.08 Å². The largest absolute Gasteiger partial charge is 0.507 e. The van der Waals surface area contributed by atoms with Crippen molar-refractivity contribution in [2.24, 2.45) is 5.92 Å². The number of anilines is 1. The van der Waals surface area contributed by atoms with Crippen LogP contribution in [0.3, 0.4) is 0 Å². The van der Waals surface area contributed by atoms with Crippen molar-refractivity contribution in [3.05, 3.63) is 78.0 Å². The van der Waals surface area contributed by atoms with Crippen LogP contribution in [0.2, 0.25) is 0 Å². The van der Waals surface area contributed by atoms with E-state index in [2.05, 4.69) is 42.7 Å². The molecule has 0 saturated heterocycles. The van der Waals surface area contributed by atoms with Crippen LogP contribution in [-0.2, 0) is 0 Å². The molecule has 24 heavy (non-hydrogen) atoms. The van der Waals surface area contributed by atoms with Gasteiger partial charge in [-0.05, 0) is 30.7 Å². The van der Waals surface area contributed by atoms with E-state index in [-0.39, 0.29) is 17.6 Å². The molecular formula is C20H19Cl2NO. The SMILES string of the molecule is C=Cc1cc(NC(=C)C2C(c3ccc(C)cc3)C2(Cl)Cl)ccc1O. The molecule has 0 aliphatic heterocycles. The van der Waals surface area contributed by atoms with Gasteiger partial charge in [-0.25, -0.2) is 0 Å². The summed E-state index contributed by atoms with van der Waals surface area (Å²) in [5.74, 6) is 0.121. The van der Waals surface area contributed by atoms with Crippen molar-refractivity contribution in [3.8, 4) is 5.75 Å². The van der Waals surface area contributed by atoms with Crippen molar-refractivity contribution in [2.45, 2.75) is 17.2 Å². The molecular weight excluding hydrogens is 341 g/mol. The molecule has 0 spiro atoms. The first-order chi connectivity index (χ1) is 11.3. The van der Waals surface area contributed by atoms with E-state index in [0.717, 1.165) is 16.9 Å². The lowest BCUT2D eigenvalue weighted by Crippen LogP contribution is -2.04. The zero-order chi connectivity index (χ0) is 17.5. The third-order valence-electron chi connectivity index (χ3n) is 4.42. The van der Waals surface area contributed by atoms with Crippen LogP contribution in [0, 0.1) is 12.8 Å². The second kappa shape index (κ2) is 6.19. The maximum Gasteiger partial charge on any atom is 0.134 e. The quantitative estimate of drug-likeness (QED) is 0.517. The van der Waals surface area contributed by atoms with E-state index in [9.17, 15) is 5.11 Å². The van der Waals surface area contributed by atoms with E-state index >= 15 is 0 Å². The average molecular weight is 360 g/mol. The van der Waals surface area contributed by atoms with Crippen LogP contribution in [-0.4, -0.2) is 9.44 Å². The monoisotopic (exact) mass is 359 g/mol. The van der Waals surface area contributed by atoms with E-state index in [1.807, 2.05) is 6.92 Å². The third-order valence-corrected chi connectivity index (χ3v) is 5.36. The van der Waals surface area contributed by atoms with E-state index in [1.54, 1.807) is 24.3 Å². The molecule has 1 aliphatic rings. The van der Waals surface area contributed by atoms with E-state index in [4.69, 9.17) is 23.2 Å². The molecule has 1 fully saturated rings. The highest BCUT2D eigenvalue weighted by atomic mass is 35.5. The summed E-state index contributed by atoms with van der Waals surface area (Å²) in [5, 5.41) is 13.0. The van der Waals surface area contributed by atoms with Gasteiger partial charge in [-0.2, -0.15) is 0 Å². The molecule has 2 aromatic carbocycles. The number of rotatable bonds is 5. The molecule has 0 heterocycles. The van der Waals surface area contributed by atoms with Crippen LogP contribution in [0.15, 0.2) is 61.3 Å². The molecule has 0 amide bonds. The number of allylic oxidation sites excluding steroid dienone is 1. The van der Waals surface area contributed by atoms with Crippen LogP contribution >= 0.6 is 23.2 Å². The Bertz CT molecular complexity index is 796. The lowest BCUT2D eigenvalue weighted by Gasteiger charge is -2.11. The molecule has 0 bridgehead atoms. The summed E-state index contributed by atoms with van der Waals surface area (Å²) in [4.78, 5) is 0. The summed E-state index contributed by atoms with van der Waals surface area (Å²) < 4.78 is -0.864. The van der Waals surface area contributed by atoms with Gasteiger partial charge >= 0.3 is 0 Å². The van der Waals surface area contributed by atoms with Gasteiger partial charge < -0.3 is 10.4 Å². The Morgan fingerprint density at radius 2 is 1.88 bits per heavy atom. The van der Waals surface area contributed by atoms with Crippen LogP contribution in [0.4, 0.5) is 5.69 Å². The van der Waals surface area contributed by atoms with Crippen molar-refractivity contribution in [1.82, 2.24) is 0 Å². The number of phenolic OH excluding ortho intramolecular Hbond substituents is 1. The number of benzene rings is 2. The van der Waals surface area contributed by atoms with Crippen molar-refractivity contribution in [3.63, 3.8) is 0 Å². The Morgan fingerprint density at radius 1 is 1.21 bits per heavy atom. The molecule has 124 valence electrons. The first kappa shape index (κ1) is 16.9. The van der Waals surface area contributed by atoms with Gasteiger partial charge in [0.15, 0.2) is 0 Å². The zero-order valence-electron chi connectivity index (χ0n) is 13.4. The van der Waals surface area contributed by atoms with Gasteiger partial charge in [0, 0.05) is 28.8 Å². The molecule has 3 rings (SSSR count). The molecule has 4 heteroatoms. The molecule has 2 atom stereocenters. The normalized spacial score (nSPS) is 21.1. The fourth-order valence-electron chi connectivity index (χ4n) is 3.01. The summed E-state index contributed by atoms with van der Waals surface area (Å²) in [6.45, 7) is 9.85. The Balaban J connectivity index is 1.78. The summed E-state index contributed by atoms with van der Waals surface area (Å²) in [5.41, 5.74) is 4.53. The average Bonchev–Trinajstić information content (AvgIpc) is 3.12. The minimum atomic E-state index is -0.864. The Hall–Kier alpha value is -1.90. The highest BCUT2D eigenvalue weighted by Gasteiger charge is 2.65. The van der Waals surface area contributed by atoms with Crippen molar-refractivity contribution < 1.29 is 5.11 Å². The molecule has 2 unspecified atom stereocenters. The van der Waals surface area contributed by atoms with Crippen molar-refractivity contribution in [1.29, 1.82) is 0 Å². The number of aromatic hydroxyl groups is 1. The van der Waals surface area contributed by atoms with Crippen molar-refractivity contribution in [2.75, 3.05) is 5.32 Å². The topological polar surface area (TPSA) is 32.3 Å². The zero-order valence-corrected chi connectivity index (χ0v) is 14.9. The predicted octanol–water partition coefficient (Wildman–Crippen LogP) is 5.86. The highest BCUT2D eigenvalue weighted by Crippen LogP contribution is 2.67. The number of aryl methyl sites for hydroxylation is 1.